The molecular weight excluding hydrogens is 222 g/mol. The summed E-state index contributed by atoms with van der Waals surface area (Å²) in [6, 6.07) is 0.310. The Kier molecular flexibility index (Phi) is 3.90. The quantitative estimate of drug-likeness (QED) is 0.818. The lowest BCUT2D eigenvalue weighted by Crippen LogP contribution is -2.34. The smallest absolute Gasteiger partial charge is 0.263 e. The van der Waals surface area contributed by atoms with Crippen molar-refractivity contribution in [2.24, 2.45) is 0 Å². The Morgan fingerprint density at radius 3 is 3.19 bits per heavy atom. The maximum atomic E-state index is 11.9. The molecule has 1 aromatic rings. The van der Waals surface area contributed by atoms with Gasteiger partial charge in [0.05, 0.1) is 11.2 Å². The molecule has 1 atom stereocenters. The van der Waals surface area contributed by atoms with E-state index < -0.39 is 0 Å². The molecule has 0 saturated carbocycles. The molecule has 16 heavy (non-hydrogen) atoms. The summed E-state index contributed by atoms with van der Waals surface area (Å²) in [4.78, 5) is 16.7. The van der Waals surface area contributed by atoms with Gasteiger partial charge in [0.1, 0.15) is 4.88 Å². The van der Waals surface area contributed by atoms with Gasteiger partial charge in [-0.05, 0) is 39.3 Å². The van der Waals surface area contributed by atoms with Crippen LogP contribution in [0.4, 0.5) is 0 Å². The first-order valence-corrected chi connectivity index (χ1v) is 6.51. The number of aromatic nitrogens is 1. The molecule has 1 aliphatic heterocycles. The molecule has 0 aromatic carbocycles. The minimum atomic E-state index is 0.0255. The van der Waals surface area contributed by atoms with Crippen LogP contribution >= 0.6 is 11.3 Å². The number of rotatable bonds is 2. The minimum absolute atomic E-state index is 0.0255. The molecule has 5 heteroatoms. The van der Waals surface area contributed by atoms with Crippen molar-refractivity contribution in [1.29, 1.82) is 0 Å². The third-order valence-electron chi connectivity index (χ3n) is 2.76. The van der Waals surface area contributed by atoms with Crippen LogP contribution < -0.4 is 10.6 Å². The molecule has 2 N–H and O–H groups in total. The van der Waals surface area contributed by atoms with Crippen LogP contribution in [0.2, 0.25) is 0 Å². The van der Waals surface area contributed by atoms with Crippen LogP contribution in [0.3, 0.4) is 0 Å². The number of hydrogen-bond donors (Lipinski definition) is 2. The fourth-order valence-electron chi connectivity index (χ4n) is 1.89. The molecule has 88 valence electrons. The fraction of sp³-hybridized carbons (Fsp3) is 0.636. The van der Waals surface area contributed by atoms with Crippen LogP contribution in [0.5, 0.6) is 0 Å². The largest absolute Gasteiger partial charge is 0.349 e. The molecule has 0 radical (unpaired) electrons. The van der Waals surface area contributed by atoms with Crippen molar-refractivity contribution >= 4 is 17.2 Å². The summed E-state index contributed by atoms with van der Waals surface area (Å²) in [5.41, 5.74) is 0. The maximum Gasteiger partial charge on any atom is 0.263 e. The van der Waals surface area contributed by atoms with Gasteiger partial charge < -0.3 is 10.6 Å². The van der Waals surface area contributed by atoms with E-state index in [2.05, 4.69) is 15.6 Å². The van der Waals surface area contributed by atoms with Crippen LogP contribution in [0.15, 0.2) is 6.20 Å². The number of nitrogens with one attached hydrogen (secondary N) is 2. The predicted octanol–water partition coefficient (Wildman–Crippen LogP) is 1.32. The molecule has 2 heterocycles. The average molecular weight is 239 g/mol. The van der Waals surface area contributed by atoms with Gasteiger partial charge in [0.15, 0.2) is 0 Å². The van der Waals surface area contributed by atoms with Crippen LogP contribution in [0, 0.1) is 6.92 Å². The Hall–Kier alpha value is -0.940. The van der Waals surface area contributed by atoms with E-state index in [-0.39, 0.29) is 5.91 Å². The van der Waals surface area contributed by atoms with E-state index in [1.807, 2.05) is 6.92 Å². The van der Waals surface area contributed by atoms with E-state index in [1.165, 1.54) is 11.3 Å². The lowest BCUT2D eigenvalue weighted by molar-refractivity contribution is 0.0938. The highest BCUT2D eigenvalue weighted by molar-refractivity contribution is 7.13. The van der Waals surface area contributed by atoms with Crippen molar-refractivity contribution in [3.05, 3.63) is 16.1 Å². The summed E-state index contributed by atoms with van der Waals surface area (Å²) in [6.45, 7) is 3.97. The Labute approximate surface area is 99.5 Å². The zero-order valence-corrected chi connectivity index (χ0v) is 10.3. The van der Waals surface area contributed by atoms with Gasteiger partial charge in [0, 0.05) is 6.04 Å². The van der Waals surface area contributed by atoms with Gasteiger partial charge in [-0.25, -0.2) is 4.98 Å². The molecule has 0 bridgehead atoms. The maximum absolute atomic E-state index is 11.9. The molecule has 0 spiro atoms. The minimum Gasteiger partial charge on any atom is -0.349 e. The molecule has 1 fully saturated rings. The number of nitrogens with zero attached hydrogens (tertiary/aromatic N) is 1. The van der Waals surface area contributed by atoms with Crippen LogP contribution in [0.1, 0.15) is 33.9 Å². The highest BCUT2D eigenvalue weighted by Gasteiger charge is 2.16. The third-order valence-corrected chi connectivity index (χ3v) is 3.67. The second-order valence-corrected chi connectivity index (χ2v) is 5.33. The van der Waals surface area contributed by atoms with Crippen LogP contribution in [0.25, 0.3) is 0 Å². The normalized spacial score (nSPS) is 21.4. The Morgan fingerprint density at radius 2 is 2.44 bits per heavy atom. The Bertz CT molecular complexity index is 356. The van der Waals surface area contributed by atoms with Gasteiger partial charge in [-0.1, -0.05) is 0 Å². The zero-order chi connectivity index (χ0) is 11.4. The molecule has 0 aliphatic carbocycles. The van der Waals surface area contributed by atoms with Crippen LogP contribution in [-0.2, 0) is 0 Å². The van der Waals surface area contributed by atoms with Gasteiger partial charge in [-0.2, -0.15) is 0 Å². The summed E-state index contributed by atoms with van der Waals surface area (Å²) >= 11 is 1.45. The van der Waals surface area contributed by atoms with E-state index in [0.29, 0.717) is 6.04 Å². The van der Waals surface area contributed by atoms with Gasteiger partial charge in [-0.3, -0.25) is 4.79 Å². The van der Waals surface area contributed by atoms with Gasteiger partial charge in [0.2, 0.25) is 0 Å². The number of aryl methyl sites for hydroxylation is 1. The number of hydrogen-bond acceptors (Lipinski definition) is 4. The Balaban J connectivity index is 1.90. The Morgan fingerprint density at radius 1 is 1.56 bits per heavy atom. The molecule has 1 aromatic heterocycles. The molecular formula is C11H17N3OS. The van der Waals surface area contributed by atoms with Crippen molar-refractivity contribution in [3.63, 3.8) is 0 Å². The molecule has 1 unspecified atom stereocenters. The van der Waals surface area contributed by atoms with Crippen LogP contribution in [-0.4, -0.2) is 30.0 Å². The van der Waals surface area contributed by atoms with E-state index >= 15 is 0 Å². The summed E-state index contributed by atoms with van der Waals surface area (Å²) in [6.07, 6.45) is 4.87. The van der Waals surface area contributed by atoms with Gasteiger partial charge in [0.25, 0.3) is 5.91 Å². The number of carbonyl (C=O) groups excluding carboxylic acids is 1. The number of amides is 1. The zero-order valence-electron chi connectivity index (χ0n) is 9.45. The number of carbonyl (C=O) groups is 1. The second kappa shape index (κ2) is 5.41. The standard InChI is InChI=1S/C11H17N3OS/c1-8-13-7-10(16-8)11(15)14-9-3-2-5-12-6-4-9/h7,9,12H,2-6H2,1H3,(H,14,15). The lowest BCUT2D eigenvalue weighted by atomic mass is 10.1. The lowest BCUT2D eigenvalue weighted by Gasteiger charge is -2.14. The SMILES string of the molecule is Cc1ncc(C(=O)NC2CCCNCC2)s1. The van der Waals surface area contributed by atoms with E-state index in [0.717, 1.165) is 42.2 Å². The fourth-order valence-corrected chi connectivity index (χ4v) is 2.57. The van der Waals surface area contributed by atoms with Crippen molar-refractivity contribution in [2.45, 2.75) is 32.2 Å². The topological polar surface area (TPSA) is 54.0 Å². The molecule has 4 nitrogen and oxygen atoms in total. The summed E-state index contributed by atoms with van der Waals surface area (Å²) in [5, 5.41) is 7.35. The van der Waals surface area contributed by atoms with Crippen molar-refractivity contribution < 1.29 is 4.79 Å². The molecule has 1 amide bonds. The first kappa shape index (κ1) is 11.5. The average Bonchev–Trinajstić information content (AvgIpc) is 2.54. The second-order valence-electron chi connectivity index (χ2n) is 4.09. The van der Waals surface area contributed by atoms with E-state index in [1.54, 1.807) is 6.20 Å². The highest BCUT2D eigenvalue weighted by atomic mass is 32.1. The first-order valence-electron chi connectivity index (χ1n) is 5.70. The van der Waals surface area contributed by atoms with Crippen molar-refractivity contribution in [3.8, 4) is 0 Å². The highest BCUT2D eigenvalue weighted by Crippen LogP contribution is 2.13. The van der Waals surface area contributed by atoms with Gasteiger partial charge >= 0.3 is 0 Å². The van der Waals surface area contributed by atoms with Gasteiger partial charge in [-0.15, -0.1) is 11.3 Å². The first-order chi connectivity index (χ1) is 7.75. The molecule has 1 aliphatic rings. The van der Waals surface area contributed by atoms with Crippen molar-refractivity contribution in [2.75, 3.05) is 13.1 Å². The molecule has 2 rings (SSSR count). The number of thiazole rings is 1. The molecule has 1 saturated heterocycles. The monoisotopic (exact) mass is 239 g/mol. The third kappa shape index (κ3) is 3.02. The summed E-state index contributed by atoms with van der Waals surface area (Å²) in [5.74, 6) is 0.0255. The van der Waals surface area contributed by atoms with E-state index in [9.17, 15) is 4.79 Å². The van der Waals surface area contributed by atoms with E-state index in [4.69, 9.17) is 0 Å². The van der Waals surface area contributed by atoms with Crippen molar-refractivity contribution in [1.82, 2.24) is 15.6 Å². The summed E-state index contributed by atoms with van der Waals surface area (Å²) in [7, 11) is 0. The predicted molar refractivity (Wildman–Crippen MR) is 64.8 cm³/mol. The summed E-state index contributed by atoms with van der Waals surface area (Å²) < 4.78 is 0.